The number of aromatic amines is 1. The number of furan rings is 2. The van der Waals surface area contributed by atoms with Crippen molar-refractivity contribution >= 4 is 16.8 Å². The van der Waals surface area contributed by atoms with E-state index in [0.29, 0.717) is 55.6 Å². The van der Waals surface area contributed by atoms with Gasteiger partial charge in [-0.15, -0.1) is 5.10 Å². The molecule has 0 unspecified atom stereocenters. The molecule has 0 aliphatic carbocycles. The summed E-state index contributed by atoms with van der Waals surface area (Å²) in [5.74, 6) is 1.39. The van der Waals surface area contributed by atoms with Crippen molar-refractivity contribution in [1.82, 2.24) is 35.0 Å². The van der Waals surface area contributed by atoms with E-state index in [1.165, 1.54) is 6.26 Å². The van der Waals surface area contributed by atoms with Crippen LogP contribution < -0.4 is 5.56 Å². The standard InChI is InChI=1S/C27H27N7O4/c1-17-13-19-15-21(26(35)28-22(19)14-18(17)2)24(25-29-30-31-34(25)16-20-5-3-11-37-20)32-7-9-33(10-8-32)27(36)23-6-4-12-38-23/h3-6,11-15,24H,7-10,16H2,1-2H3,(H,28,35)/t24-/m1/s1. The van der Waals surface area contributed by atoms with E-state index in [2.05, 4.69) is 38.4 Å². The number of H-pyrrole nitrogens is 1. The topological polar surface area (TPSA) is 126 Å². The van der Waals surface area contributed by atoms with Crippen molar-refractivity contribution in [3.8, 4) is 0 Å². The summed E-state index contributed by atoms with van der Waals surface area (Å²) >= 11 is 0. The molecule has 1 aliphatic heterocycles. The van der Waals surface area contributed by atoms with Crippen molar-refractivity contribution in [1.29, 1.82) is 0 Å². The van der Waals surface area contributed by atoms with Crippen LogP contribution in [-0.4, -0.2) is 67.1 Å². The Bertz CT molecular complexity index is 1630. The molecule has 0 radical (unpaired) electrons. The lowest BCUT2D eigenvalue weighted by Gasteiger charge is -2.38. The largest absolute Gasteiger partial charge is 0.467 e. The summed E-state index contributed by atoms with van der Waals surface area (Å²) in [6.07, 6.45) is 3.10. The molecule has 38 heavy (non-hydrogen) atoms. The second kappa shape index (κ2) is 9.75. The van der Waals surface area contributed by atoms with Gasteiger partial charge in [0.25, 0.3) is 11.5 Å². The van der Waals surface area contributed by atoms with Crippen LogP contribution in [0.5, 0.6) is 0 Å². The first-order valence-electron chi connectivity index (χ1n) is 12.5. The van der Waals surface area contributed by atoms with Crippen LogP contribution >= 0.6 is 0 Å². The summed E-state index contributed by atoms with van der Waals surface area (Å²) in [7, 11) is 0. The van der Waals surface area contributed by atoms with E-state index in [9.17, 15) is 9.59 Å². The normalized spacial score (nSPS) is 15.3. The molecule has 4 aromatic heterocycles. The Labute approximate surface area is 217 Å². The molecule has 1 N–H and O–H groups in total. The number of nitrogens with zero attached hydrogens (tertiary/aromatic N) is 6. The number of aromatic nitrogens is 5. The van der Waals surface area contributed by atoms with E-state index in [1.54, 1.807) is 28.0 Å². The molecular weight excluding hydrogens is 486 g/mol. The van der Waals surface area contributed by atoms with Crippen molar-refractivity contribution in [2.24, 2.45) is 0 Å². The van der Waals surface area contributed by atoms with Crippen molar-refractivity contribution in [3.05, 3.63) is 99.4 Å². The Balaban J connectivity index is 1.38. The molecule has 11 heteroatoms. The molecule has 11 nitrogen and oxygen atoms in total. The van der Waals surface area contributed by atoms with Gasteiger partial charge in [-0.25, -0.2) is 4.68 Å². The third-order valence-electron chi connectivity index (χ3n) is 7.17. The fourth-order valence-corrected chi connectivity index (χ4v) is 5.01. The summed E-state index contributed by atoms with van der Waals surface area (Å²) in [6.45, 7) is 6.39. The lowest BCUT2D eigenvalue weighted by molar-refractivity contribution is 0.0558. The summed E-state index contributed by atoms with van der Waals surface area (Å²) < 4.78 is 12.5. The summed E-state index contributed by atoms with van der Waals surface area (Å²) in [6, 6.07) is 12.5. The van der Waals surface area contributed by atoms with Crippen molar-refractivity contribution in [3.63, 3.8) is 0 Å². The fourth-order valence-electron chi connectivity index (χ4n) is 5.01. The number of amides is 1. The number of hydrogen-bond acceptors (Lipinski definition) is 8. The lowest BCUT2D eigenvalue weighted by Crippen LogP contribution is -2.50. The number of aryl methyl sites for hydroxylation is 2. The number of nitrogens with one attached hydrogen (secondary N) is 1. The number of rotatable bonds is 6. The highest BCUT2D eigenvalue weighted by Crippen LogP contribution is 2.29. The minimum atomic E-state index is -0.532. The summed E-state index contributed by atoms with van der Waals surface area (Å²) in [4.78, 5) is 33.3. The average Bonchev–Trinajstić information content (AvgIpc) is 3.70. The predicted octanol–water partition coefficient (Wildman–Crippen LogP) is 2.91. The number of fused-ring (bicyclic) bond motifs is 1. The maximum Gasteiger partial charge on any atom is 0.289 e. The van der Waals surface area contributed by atoms with Crippen LogP contribution in [0, 0.1) is 13.8 Å². The van der Waals surface area contributed by atoms with Gasteiger partial charge in [0, 0.05) is 37.3 Å². The Morgan fingerprint density at radius 3 is 2.53 bits per heavy atom. The molecule has 6 rings (SSSR count). The van der Waals surface area contributed by atoms with Crippen LogP contribution in [0.25, 0.3) is 10.9 Å². The van der Waals surface area contributed by atoms with E-state index < -0.39 is 6.04 Å². The second-order valence-corrected chi connectivity index (χ2v) is 9.56. The Kier molecular flexibility index (Phi) is 6.12. The Morgan fingerprint density at radius 2 is 1.79 bits per heavy atom. The number of piperazine rings is 1. The van der Waals surface area contributed by atoms with Gasteiger partial charge in [0.1, 0.15) is 18.3 Å². The number of hydrogen-bond donors (Lipinski definition) is 1. The molecule has 1 aromatic carbocycles. The minimum absolute atomic E-state index is 0.150. The van der Waals surface area contributed by atoms with Gasteiger partial charge in [0.15, 0.2) is 11.6 Å². The van der Waals surface area contributed by atoms with Gasteiger partial charge in [-0.2, -0.15) is 0 Å². The average molecular weight is 514 g/mol. The zero-order valence-electron chi connectivity index (χ0n) is 21.1. The van der Waals surface area contributed by atoms with Gasteiger partial charge >= 0.3 is 0 Å². The first kappa shape index (κ1) is 23.9. The molecule has 0 spiro atoms. The molecule has 1 aliphatic rings. The second-order valence-electron chi connectivity index (χ2n) is 9.56. The van der Waals surface area contributed by atoms with Crippen LogP contribution in [0.3, 0.4) is 0 Å². The van der Waals surface area contributed by atoms with E-state index in [1.807, 2.05) is 31.2 Å². The zero-order valence-corrected chi connectivity index (χ0v) is 21.1. The highest BCUT2D eigenvalue weighted by molar-refractivity contribution is 5.91. The monoisotopic (exact) mass is 513 g/mol. The Morgan fingerprint density at radius 1 is 1.03 bits per heavy atom. The van der Waals surface area contributed by atoms with Crippen molar-refractivity contribution in [2.75, 3.05) is 26.2 Å². The van der Waals surface area contributed by atoms with Gasteiger partial charge in [-0.05, 0) is 83.3 Å². The summed E-state index contributed by atoms with van der Waals surface area (Å²) in [5.41, 5.74) is 3.37. The van der Waals surface area contributed by atoms with E-state index in [4.69, 9.17) is 8.83 Å². The van der Waals surface area contributed by atoms with Crippen LogP contribution in [0.15, 0.2) is 68.6 Å². The molecule has 0 bridgehead atoms. The highest BCUT2D eigenvalue weighted by atomic mass is 16.3. The zero-order chi connectivity index (χ0) is 26.2. The van der Waals surface area contributed by atoms with Crippen LogP contribution in [0.1, 0.15) is 44.9 Å². The summed E-state index contributed by atoms with van der Waals surface area (Å²) in [5, 5.41) is 13.5. The third kappa shape index (κ3) is 4.41. The fraction of sp³-hybridized carbons (Fsp3) is 0.296. The number of pyridine rings is 1. The molecule has 1 amide bonds. The number of benzene rings is 1. The number of tetrazole rings is 1. The minimum Gasteiger partial charge on any atom is -0.467 e. The highest BCUT2D eigenvalue weighted by Gasteiger charge is 2.34. The van der Waals surface area contributed by atoms with Gasteiger partial charge in [0.05, 0.1) is 12.5 Å². The maximum atomic E-state index is 13.5. The molecule has 194 valence electrons. The van der Waals surface area contributed by atoms with E-state index in [-0.39, 0.29) is 11.5 Å². The van der Waals surface area contributed by atoms with E-state index >= 15 is 0 Å². The van der Waals surface area contributed by atoms with Crippen LogP contribution in [0.4, 0.5) is 0 Å². The van der Waals surface area contributed by atoms with E-state index in [0.717, 1.165) is 22.0 Å². The van der Waals surface area contributed by atoms with Gasteiger partial charge in [0.2, 0.25) is 0 Å². The van der Waals surface area contributed by atoms with Gasteiger partial charge in [-0.3, -0.25) is 14.5 Å². The quantitative estimate of drug-likeness (QED) is 0.367. The first-order chi connectivity index (χ1) is 18.5. The predicted molar refractivity (Wildman–Crippen MR) is 138 cm³/mol. The smallest absolute Gasteiger partial charge is 0.289 e. The molecule has 5 aromatic rings. The number of carbonyl (C=O) groups is 1. The molecule has 1 fully saturated rings. The third-order valence-corrected chi connectivity index (χ3v) is 7.17. The SMILES string of the molecule is Cc1cc2cc([C@H](c3nnnn3Cc3ccco3)N3CCN(C(=O)c4ccco4)CC3)c(=O)[nH]c2cc1C. The van der Waals surface area contributed by atoms with Gasteiger partial charge < -0.3 is 18.7 Å². The number of carbonyl (C=O) groups excluding carboxylic acids is 1. The maximum absolute atomic E-state index is 13.5. The van der Waals surface area contributed by atoms with Crippen LogP contribution in [0.2, 0.25) is 0 Å². The van der Waals surface area contributed by atoms with Crippen molar-refractivity contribution in [2.45, 2.75) is 26.4 Å². The first-order valence-corrected chi connectivity index (χ1v) is 12.5. The van der Waals surface area contributed by atoms with Gasteiger partial charge in [-0.1, -0.05) is 0 Å². The molecule has 1 saturated heterocycles. The van der Waals surface area contributed by atoms with Crippen LogP contribution in [-0.2, 0) is 6.54 Å². The molecule has 1 atom stereocenters. The van der Waals surface area contributed by atoms with Crippen molar-refractivity contribution < 1.29 is 13.6 Å². The molecule has 5 heterocycles. The molecular formula is C27H27N7O4. The lowest BCUT2D eigenvalue weighted by atomic mass is 10.00. The Hall–Kier alpha value is -4.51. The molecule has 0 saturated carbocycles.